The largest absolute Gasteiger partial charge is 0.478 e. The van der Waals surface area contributed by atoms with Gasteiger partial charge in [-0.3, -0.25) is 18.6 Å². The van der Waals surface area contributed by atoms with Gasteiger partial charge in [-0.05, 0) is 196 Å². The molecule has 9 heterocycles. The molecule has 5 saturated heterocycles. The van der Waals surface area contributed by atoms with Gasteiger partial charge in [-0.2, -0.15) is 34.8 Å². The molecule has 4 aromatic heterocycles. The third-order valence-corrected chi connectivity index (χ3v) is 25.8. The van der Waals surface area contributed by atoms with Gasteiger partial charge in [0.05, 0.1) is 113 Å². The van der Waals surface area contributed by atoms with Crippen LogP contribution in [0.1, 0.15) is 215 Å². The molecule has 2 aliphatic carbocycles. The Balaban J connectivity index is 0.000000172. The first-order valence-electron chi connectivity index (χ1n) is 42.3. The second-order valence-electron chi connectivity index (χ2n) is 32.8. The maximum Gasteiger partial charge on any atom is 0.454 e. The van der Waals surface area contributed by atoms with E-state index in [2.05, 4.69) is 4.98 Å². The van der Waals surface area contributed by atoms with Crippen molar-refractivity contribution < 1.29 is 120 Å². The van der Waals surface area contributed by atoms with Gasteiger partial charge in [0.25, 0.3) is 21.7 Å². The number of hydrogen-bond acceptors (Lipinski definition) is 16. The first-order valence-corrected chi connectivity index (χ1v) is 45.2. The molecule has 7 fully saturated rings. The van der Waals surface area contributed by atoms with E-state index in [0.29, 0.717) is 70.3 Å². The first-order chi connectivity index (χ1) is 59.7. The smallest absolute Gasteiger partial charge is 0.454 e. The molecule has 16 rings (SSSR count). The number of ether oxygens (including phenoxy) is 5. The highest BCUT2D eigenvalue weighted by Gasteiger charge is 2.45. The van der Waals surface area contributed by atoms with Crippen LogP contribution in [0.3, 0.4) is 0 Å². The number of nitrogens with zero attached hydrogens (tertiary/aromatic N) is 3. The molecule has 0 amide bonds. The Kier molecular flexibility index (Phi) is 38.1. The van der Waals surface area contributed by atoms with Gasteiger partial charge < -0.3 is 68.5 Å². The van der Waals surface area contributed by atoms with Crippen LogP contribution in [0.25, 0.3) is 43.6 Å². The molecule has 0 bridgehead atoms. The average Bonchev–Trinajstić information content (AvgIpc) is 1.61. The number of nitrogens with two attached hydrogens (primary N) is 1. The van der Waals surface area contributed by atoms with Crippen molar-refractivity contribution in [3.8, 4) is 0 Å². The Morgan fingerprint density at radius 1 is 0.496 bits per heavy atom. The molecule has 5 aliphatic heterocycles. The van der Waals surface area contributed by atoms with E-state index in [0.717, 1.165) is 133 Å². The summed E-state index contributed by atoms with van der Waals surface area (Å²) < 4.78 is 190. The van der Waals surface area contributed by atoms with E-state index in [9.17, 15) is 86.8 Å². The fourth-order valence-electron chi connectivity index (χ4n) is 16.0. The van der Waals surface area contributed by atoms with Crippen LogP contribution in [0, 0.1) is 6.92 Å². The molecular weight excluding hydrogens is 1780 g/mol. The van der Waals surface area contributed by atoms with Crippen molar-refractivity contribution in [1.82, 2.24) is 18.7 Å². The zero-order valence-electron chi connectivity index (χ0n) is 69.7. The van der Waals surface area contributed by atoms with Crippen molar-refractivity contribution in [3.05, 3.63) is 170 Å². The summed E-state index contributed by atoms with van der Waals surface area (Å²) in [5.41, 5.74) is 6.59. The van der Waals surface area contributed by atoms with Crippen LogP contribution in [-0.4, -0.2) is 190 Å². The Bertz CT molecular complexity index is 5190. The van der Waals surface area contributed by atoms with Gasteiger partial charge in [0.1, 0.15) is 0 Å². The molecule has 700 valence electrons. The van der Waals surface area contributed by atoms with E-state index in [-0.39, 0.29) is 159 Å². The van der Waals surface area contributed by atoms with Gasteiger partial charge in [-0.1, -0.05) is 95.8 Å². The summed E-state index contributed by atoms with van der Waals surface area (Å²) in [4.78, 5) is 50.0. The van der Waals surface area contributed by atoms with E-state index < -0.39 is 74.2 Å². The van der Waals surface area contributed by atoms with Crippen molar-refractivity contribution in [3.63, 3.8) is 0 Å². The molecule has 0 radical (unpaired) electrons. The number of aryl methyl sites for hydroxylation is 1. The number of aromatic carboxylic acids is 1. The first kappa shape index (κ1) is 103. The number of rotatable bonds is 19. The quantitative estimate of drug-likeness (QED) is 0.0249. The van der Waals surface area contributed by atoms with Crippen LogP contribution >= 0.6 is 46.4 Å². The number of aromatic nitrogens is 4. The summed E-state index contributed by atoms with van der Waals surface area (Å²) in [5.74, 6) is -10.1. The molecule has 0 spiro atoms. The van der Waals surface area contributed by atoms with Gasteiger partial charge in [-0.25, -0.2) is 22.4 Å². The van der Waals surface area contributed by atoms with E-state index in [1.165, 1.54) is 24.8 Å². The summed E-state index contributed by atoms with van der Waals surface area (Å²) in [7, 11) is -3.66. The van der Waals surface area contributed by atoms with E-state index in [4.69, 9.17) is 85.1 Å². The predicted octanol–water partition coefficient (Wildman–Crippen LogP) is 21.8. The van der Waals surface area contributed by atoms with Crippen molar-refractivity contribution in [2.24, 2.45) is 5.73 Å². The number of alkyl halides is 10. The van der Waals surface area contributed by atoms with Gasteiger partial charge in [0.15, 0.2) is 5.78 Å². The Morgan fingerprint density at radius 2 is 0.858 bits per heavy atom. The number of aliphatic hydroxyl groups is 3. The normalized spacial score (nSPS) is 20.9. The zero-order valence-corrected chi connectivity index (χ0v) is 73.5. The SMILES string of the molecule is C.Cc1ccc(S(=O)(=O)OCC2CCCCO2)cc1.NCC1(O)CCC(F)(F)CC1.O=C(CCC1(O)CCC(F)(F)CC1)c1cn(CC2CCCCO2)c2cccc(Cl)c12.O=C(O)c1cn(CC2CCCCO2)c2cccc(Cl)c12.O=C(c1c[nH]c2cccc(Cl)c12)C(F)(F)F.O=C(c1cn(CC2CCCCO2)c2cccc(Cl)c12)C(F)(F)F.OCC1CCCCO1. The molecule has 5 aromatic carbocycles. The zero-order chi connectivity index (χ0) is 91.4. The number of H-pyrrole nitrogens is 1. The maximum atomic E-state index is 13.4. The second-order valence-corrected chi connectivity index (χ2v) is 36.0. The number of carbonyl (C=O) groups is 4. The second kappa shape index (κ2) is 46.7. The highest BCUT2D eigenvalue weighted by atomic mass is 35.5. The number of carboxylic acid groups (broad SMARTS) is 1. The molecule has 7 aliphatic rings. The number of aliphatic hydroxyl groups excluding tert-OH is 1. The van der Waals surface area contributed by atoms with Gasteiger partial charge >= 0.3 is 18.3 Å². The number of hydrogen-bond donors (Lipinski definition) is 6. The molecule has 5 unspecified atom stereocenters. The number of carboxylic acids is 1. The summed E-state index contributed by atoms with van der Waals surface area (Å²) in [6.45, 7) is 7.76. The lowest BCUT2D eigenvalue weighted by molar-refractivity contribution is -0.105. The third kappa shape index (κ3) is 29.4. The minimum absolute atomic E-state index is 0. The third-order valence-electron chi connectivity index (χ3n) is 23.3. The summed E-state index contributed by atoms with van der Waals surface area (Å²) in [6.07, 6.45) is 11.4. The number of halogens is 14. The molecule has 5 atom stereocenters. The monoisotopic (exact) mass is 1890 g/mol. The molecular formula is C91H111Cl4F10N5O16S. The fraction of sp³-hybridized carbons (Fsp3) is 0.538. The number of Topliss-reactive ketones (excluding diaryl/α,β-unsaturated/α-hetero) is 3. The minimum atomic E-state index is -4.93. The standard InChI is InChI=1S/C23H28ClF2NO3.C16H15ClF3NO2.C15H16ClNO3.C13H18O4S.C10H5ClF3NO.C7H13F2NO.C6H12O2.CH4/c24-18-5-3-6-19-21(18)17(15-27(19)14-16-4-1-2-13-30-16)20(28)7-8-22(29)9-11-23(25,26)12-10-22;17-12-5-3-6-13-14(12)11(15(22)16(18,19)20)9-21(13)8-10-4-1-2-7-23-10;16-12-5-3-6-13-14(12)11(15(18)19)9-17(13)8-10-4-1-2-7-20-10;1-11-5-7-13(8-6-11)18(14,15)17-10-12-4-2-3-9-16-12;11-6-2-1-3-7-8(6)5(4-15-7)9(16)10(12,13)14;8-7(9)3-1-6(11,5-10)2-4-7;7-5-6-3-1-2-4-8-6;/h3,5-6,15-16,29H,1-2,4,7-14H2;3,5-6,9-10H,1-2,4,7-8H2;3,5-6,9-10H,1-2,4,7-8H2,(H,18,19);5-8,12H,2-4,9-10H2,1H3;1-4,15H;11H,1-5,10H2;6-7H,1-5H2;1H4. The van der Waals surface area contributed by atoms with Crippen LogP contribution in [-0.2, 0) is 57.6 Å². The molecule has 36 heteroatoms. The lowest BCUT2D eigenvalue weighted by Gasteiger charge is -2.35. The van der Waals surface area contributed by atoms with Crippen LogP contribution < -0.4 is 5.73 Å². The number of carbonyl (C=O) groups excluding carboxylic acids is 3. The van der Waals surface area contributed by atoms with Crippen molar-refractivity contribution in [1.29, 1.82) is 0 Å². The van der Waals surface area contributed by atoms with Gasteiger partial charge in [-0.15, -0.1) is 0 Å². The highest BCUT2D eigenvalue weighted by Crippen LogP contribution is 2.43. The molecule has 2 saturated carbocycles. The van der Waals surface area contributed by atoms with Gasteiger partial charge in [0.2, 0.25) is 11.8 Å². The number of aromatic amines is 1. The van der Waals surface area contributed by atoms with Crippen molar-refractivity contribution in [2.75, 3.05) is 52.8 Å². The summed E-state index contributed by atoms with van der Waals surface area (Å²) in [5, 5.41) is 40.8. The molecule has 21 nitrogen and oxygen atoms in total. The van der Waals surface area contributed by atoms with Crippen molar-refractivity contribution in [2.45, 2.75) is 265 Å². The predicted molar refractivity (Wildman–Crippen MR) is 467 cm³/mol. The summed E-state index contributed by atoms with van der Waals surface area (Å²) >= 11 is 24.4. The van der Waals surface area contributed by atoms with E-state index >= 15 is 0 Å². The van der Waals surface area contributed by atoms with E-state index in [1.807, 2.05) is 46.5 Å². The van der Waals surface area contributed by atoms with Crippen LogP contribution in [0.5, 0.6) is 0 Å². The van der Waals surface area contributed by atoms with Gasteiger partial charge in [0, 0.05) is 149 Å². The van der Waals surface area contributed by atoms with E-state index in [1.54, 1.807) is 71.4 Å². The maximum absolute atomic E-state index is 13.4. The lowest BCUT2D eigenvalue weighted by atomic mass is 9.79. The summed E-state index contributed by atoms with van der Waals surface area (Å²) in [6, 6.07) is 27.0. The number of ketones is 3. The average molecular weight is 1890 g/mol. The van der Waals surface area contributed by atoms with Crippen LogP contribution in [0.4, 0.5) is 43.9 Å². The molecule has 127 heavy (non-hydrogen) atoms. The topological polar surface area (TPSA) is 295 Å². The fourth-order valence-corrected chi connectivity index (χ4v) is 18.0. The Hall–Kier alpha value is -7.25. The van der Waals surface area contributed by atoms with Crippen LogP contribution in [0.2, 0.25) is 20.1 Å². The Morgan fingerprint density at radius 3 is 1.24 bits per heavy atom. The molecule has 9 aromatic rings. The van der Waals surface area contributed by atoms with Crippen molar-refractivity contribution >= 4 is 123 Å². The number of benzene rings is 5. The Labute approximate surface area is 751 Å². The molecule has 7 N–H and O–H groups in total. The number of fused-ring (bicyclic) bond motifs is 4. The lowest BCUT2D eigenvalue weighted by Crippen LogP contribution is -2.44. The minimum Gasteiger partial charge on any atom is -0.478 e. The highest BCUT2D eigenvalue weighted by molar-refractivity contribution is 7.86. The van der Waals surface area contributed by atoms with Crippen LogP contribution in [0.15, 0.2) is 127 Å². The number of nitrogens with one attached hydrogen (secondary N) is 1.